The van der Waals surface area contributed by atoms with E-state index < -0.39 is 6.01 Å². The lowest BCUT2D eigenvalue weighted by Gasteiger charge is -2.33. The van der Waals surface area contributed by atoms with Crippen molar-refractivity contribution in [2.45, 2.75) is 51.0 Å². The van der Waals surface area contributed by atoms with Crippen molar-refractivity contribution in [1.29, 1.82) is 0 Å². The van der Waals surface area contributed by atoms with E-state index >= 15 is 0 Å². The van der Waals surface area contributed by atoms with E-state index in [0.29, 0.717) is 40.6 Å². The highest BCUT2D eigenvalue weighted by Crippen LogP contribution is 2.36. The number of likely N-dealkylation sites (tertiary alicyclic amines) is 1. The van der Waals surface area contributed by atoms with Crippen molar-refractivity contribution in [2.24, 2.45) is 0 Å². The molecule has 0 aliphatic carbocycles. The Bertz CT molecular complexity index is 1820. The number of para-hydroxylation sites is 1. The van der Waals surface area contributed by atoms with Crippen LogP contribution in [0.15, 0.2) is 65.1 Å². The van der Waals surface area contributed by atoms with E-state index in [9.17, 15) is 9.18 Å². The zero-order valence-corrected chi connectivity index (χ0v) is 25.2. The van der Waals surface area contributed by atoms with E-state index in [1.165, 1.54) is 18.7 Å². The highest BCUT2D eigenvalue weighted by atomic mass is 35.5. The number of furan rings is 1. The Hall–Kier alpha value is -3.92. The van der Waals surface area contributed by atoms with Crippen LogP contribution in [0, 0.1) is 6.01 Å². The maximum absolute atomic E-state index is 13.8. The number of piperidine rings is 1. The molecule has 8 nitrogen and oxygen atoms in total. The minimum atomic E-state index is -0.667. The molecule has 7 rings (SSSR count). The van der Waals surface area contributed by atoms with E-state index in [2.05, 4.69) is 15.5 Å². The topological polar surface area (TPSA) is 79.0 Å². The van der Waals surface area contributed by atoms with Gasteiger partial charge in [0.2, 0.25) is 0 Å². The number of fused-ring (bicyclic) bond motifs is 2. The molecule has 2 aliphatic rings. The molecule has 5 aromatic rings. The number of benzene rings is 3. The number of rotatable bonds is 9. The molecule has 4 heterocycles. The fourth-order valence-corrected chi connectivity index (χ4v) is 6.51. The SMILES string of the molecule is COC(=O)c1ccc2nc(CN3CCC(c4ccccc4OCc4ccc(Cl)c5cc(F)oc45)CC3)n(C[C@@H]3CCO3)c2c1. The van der Waals surface area contributed by atoms with E-state index in [1.54, 1.807) is 12.1 Å². The average molecular weight is 618 g/mol. The van der Waals surface area contributed by atoms with Gasteiger partial charge in [-0.3, -0.25) is 4.90 Å². The summed E-state index contributed by atoms with van der Waals surface area (Å²) in [6, 6.07) is 17.9. The highest BCUT2D eigenvalue weighted by Gasteiger charge is 2.27. The van der Waals surface area contributed by atoms with Gasteiger partial charge in [0.1, 0.15) is 23.8 Å². The molecule has 0 saturated carbocycles. The minimum Gasteiger partial charge on any atom is -0.488 e. The standard InChI is InChI=1S/C34H33ClFN3O5/c1-41-34(40)22-7-9-28-29(16-22)39(18-24-12-15-42-24)32(37-28)19-38-13-10-21(11-14-38)25-4-2-3-5-30(25)43-20-23-6-8-27(35)26-17-31(36)44-33(23)26/h2-9,16-17,21,24H,10-15,18-20H2,1H3/t24-/m0/s1. The third-order valence-corrected chi connectivity index (χ3v) is 9.13. The van der Waals surface area contributed by atoms with Gasteiger partial charge in [0.25, 0.3) is 6.01 Å². The van der Waals surface area contributed by atoms with Crippen LogP contribution in [0.25, 0.3) is 22.0 Å². The van der Waals surface area contributed by atoms with Crippen LogP contribution in [0.5, 0.6) is 5.75 Å². The summed E-state index contributed by atoms with van der Waals surface area (Å²) in [6.07, 6.45) is 3.14. The number of halogens is 2. The number of carbonyl (C=O) groups excluding carboxylic acids is 1. The summed E-state index contributed by atoms with van der Waals surface area (Å²) < 4.78 is 38.3. The van der Waals surface area contributed by atoms with E-state index in [1.807, 2.05) is 36.4 Å². The summed E-state index contributed by atoms with van der Waals surface area (Å²) in [5, 5.41) is 0.991. The van der Waals surface area contributed by atoms with Crippen molar-refractivity contribution in [3.63, 3.8) is 0 Å². The van der Waals surface area contributed by atoms with Gasteiger partial charge < -0.3 is 23.2 Å². The quantitative estimate of drug-likeness (QED) is 0.163. The van der Waals surface area contributed by atoms with Gasteiger partial charge in [0.05, 0.1) is 47.9 Å². The number of hydrogen-bond acceptors (Lipinski definition) is 7. The van der Waals surface area contributed by atoms with Crippen LogP contribution in [0.2, 0.25) is 5.02 Å². The molecule has 0 amide bonds. The van der Waals surface area contributed by atoms with Gasteiger partial charge in [-0.25, -0.2) is 9.78 Å². The van der Waals surface area contributed by atoms with Gasteiger partial charge in [0.15, 0.2) is 0 Å². The molecule has 2 aliphatic heterocycles. The van der Waals surface area contributed by atoms with Crippen molar-refractivity contribution in [3.05, 3.63) is 94.2 Å². The van der Waals surface area contributed by atoms with Crippen LogP contribution in [-0.4, -0.2) is 53.3 Å². The van der Waals surface area contributed by atoms with E-state index in [0.717, 1.165) is 67.1 Å². The summed E-state index contributed by atoms with van der Waals surface area (Å²) >= 11 is 6.23. The lowest BCUT2D eigenvalue weighted by Crippen LogP contribution is -2.35. The third kappa shape index (κ3) is 5.67. The van der Waals surface area contributed by atoms with Crippen molar-refractivity contribution in [1.82, 2.24) is 14.5 Å². The molecule has 0 N–H and O–H groups in total. The molecule has 2 aromatic heterocycles. The number of imidazole rings is 1. The molecule has 1 atom stereocenters. The van der Waals surface area contributed by atoms with Gasteiger partial charge in [-0.05, 0) is 74.2 Å². The molecule has 2 saturated heterocycles. The molecule has 0 spiro atoms. The van der Waals surface area contributed by atoms with Gasteiger partial charge in [-0.2, -0.15) is 4.39 Å². The first-order valence-corrected chi connectivity index (χ1v) is 15.3. The molecule has 2 fully saturated rings. The first-order chi connectivity index (χ1) is 21.5. The summed E-state index contributed by atoms with van der Waals surface area (Å²) in [7, 11) is 1.39. The number of hydrogen-bond donors (Lipinski definition) is 0. The zero-order valence-electron chi connectivity index (χ0n) is 24.4. The Labute approximate surface area is 259 Å². The molecule has 228 valence electrons. The predicted molar refractivity (Wildman–Crippen MR) is 165 cm³/mol. The number of ether oxygens (including phenoxy) is 3. The predicted octanol–water partition coefficient (Wildman–Crippen LogP) is 7.11. The number of methoxy groups -OCH3 is 1. The number of aromatic nitrogens is 2. The second-order valence-electron chi connectivity index (χ2n) is 11.5. The van der Waals surface area contributed by atoms with Crippen molar-refractivity contribution < 1.29 is 27.8 Å². The molecule has 0 unspecified atom stereocenters. The Morgan fingerprint density at radius 1 is 1.09 bits per heavy atom. The van der Waals surface area contributed by atoms with Crippen molar-refractivity contribution in [2.75, 3.05) is 26.8 Å². The number of nitrogens with zero attached hydrogens (tertiary/aromatic N) is 3. The maximum atomic E-state index is 13.8. The molecular weight excluding hydrogens is 585 g/mol. The lowest BCUT2D eigenvalue weighted by atomic mass is 9.89. The molecule has 10 heteroatoms. The van der Waals surface area contributed by atoms with Crippen LogP contribution >= 0.6 is 11.6 Å². The Morgan fingerprint density at radius 3 is 2.68 bits per heavy atom. The molecule has 0 radical (unpaired) electrons. The third-order valence-electron chi connectivity index (χ3n) is 8.80. The average Bonchev–Trinajstić information content (AvgIpc) is 3.58. The molecule has 3 aromatic carbocycles. The van der Waals surface area contributed by atoms with Gasteiger partial charge in [-0.15, -0.1) is 0 Å². The monoisotopic (exact) mass is 617 g/mol. The fourth-order valence-electron chi connectivity index (χ4n) is 6.31. The lowest BCUT2D eigenvalue weighted by molar-refractivity contribution is -0.0592. The first-order valence-electron chi connectivity index (χ1n) is 15.0. The van der Waals surface area contributed by atoms with Crippen LogP contribution < -0.4 is 4.74 Å². The summed E-state index contributed by atoms with van der Waals surface area (Å²) in [6.45, 7) is 4.28. The minimum absolute atomic E-state index is 0.158. The summed E-state index contributed by atoms with van der Waals surface area (Å²) in [5.41, 5.74) is 4.63. The van der Waals surface area contributed by atoms with E-state index in [-0.39, 0.29) is 18.7 Å². The maximum Gasteiger partial charge on any atom is 0.337 e. The second kappa shape index (κ2) is 12.2. The van der Waals surface area contributed by atoms with Crippen LogP contribution in [0.3, 0.4) is 0 Å². The summed E-state index contributed by atoms with van der Waals surface area (Å²) in [4.78, 5) is 19.6. The normalized spacial score (nSPS) is 17.7. The molecule has 44 heavy (non-hydrogen) atoms. The smallest absolute Gasteiger partial charge is 0.337 e. The van der Waals surface area contributed by atoms with Crippen LogP contribution in [0.1, 0.15) is 52.5 Å². The Morgan fingerprint density at radius 2 is 1.91 bits per heavy atom. The van der Waals surface area contributed by atoms with Crippen molar-refractivity contribution >= 4 is 39.6 Å². The van der Waals surface area contributed by atoms with E-state index in [4.69, 9.17) is 35.2 Å². The second-order valence-corrected chi connectivity index (χ2v) is 11.9. The molecule has 0 bridgehead atoms. The fraction of sp³-hybridized carbons (Fsp3) is 0.353. The first kappa shape index (κ1) is 28.8. The van der Waals surface area contributed by atoms with Gasteiger partial charge in [-0.1, -0.05) is 35.9 Å². The van der Waals surface area contributed by atoms with Gasteiger partial charge >= 0.3 is 5.97 Å². The number of carbonyl (C=O) groups is 1. The Kier molecular flexibility index (Phi) is 8.01. The molecular formula is C34H33ClFN3O5. The van der Waals surface area contributed by atoms with Gasteiger partial charge in [0, 0.05) is 23.6 Å². The van der Waals surface area contributed by atoms with Crippen molar-refractivity contribution in [3.8, 4) is 5.75 Å². The largest absolute Gasteiger partial charge is 0.488 e. The Balaban J connectivity index is 1.05. The van der Waals surface area contributed by atoms with Crippen LogP contribution in [0.4, 0.5) is 4.39 Å². The number of esters is 1. The van der Waals surface area contributed by atoms with Crippen LogP contribution in [-0.2, 0) is 29.2 Å². The zero-order chi connectivity index (χ0) is 30.2. The summed E-state index contributed by atoms with van der Waals surface area (Å²) in [5.74, 6) is 1.79. The highest BCUT2D eigenvalue weighted by molar-refractivity contribution is 6.35.